The van der Waals surface area contributed by atoms with E-state index in [-0.39, 0.29) is 6.07 Å². The Morgan fingerprint density at radius 1 is 1.06 bits per heavy atom. The molecule has 18 heavy (non-hydrogen) atoms. The highest BCUT2D eigenvalue weighted by atomic mass is 19.4. The van der Waals surface area contributed by atoms with E-state index in [0.29, 0.717) is 12.1 Å². The molecule has 0 aliphatic rings. The van der Waals surface area contributed by atoms with Gasteiger partial charge in [-0.15, -0.1) is 0 Å². The summed E-state index contributed by atoms with van der Waals surface area (Å²) in [7, 11) is 0. The quantitative estimate of drug-likeness (QED) is 0.816. The minimum absolute atomic E-state index is 0.131. The predicted molar refractivity (Wildman–Crippen MR) is 49.0 cm³/mol. The van der Waals surface area contributed by atoms with Gasteiger partial charge in [0.1, 0.15) is 5.82 Å². The van der Waals surface area contributed by atoms with Crippen LogP contribution in [0, 0.1) is 5.82 Å². The summed E-state index contributed by atoms with van der Waals surface area (Å²) in [4.78, 5) is 0. The van der Waals surface area contributed by atoms with Gasteiger partial charge in [0.15, 0.2) is 0 Å². The maximum absolute atomic E-state index is 12.7. The van der Waals surface area contributed by atoms with Gasteiger partial charge in [-0.1, -0.05) is 6.07 Å². The van der Waals surface area contributed by atoms with Crippen LogP contribution in [0.5, 0.6) is 0 Å². The molecule has 1 rings (SSSR count). The fourth-order valence-corrected chi connectivity index (χ4v) is 1.46. The third-order valence-electron chi connectivity index (χ3n) is 2.17. The highest BCUT2D eigenvalue weighted by Gasteiger charge is 2.38. The van der Waals surface area contributed by atoms with Gasteiger partial charge >= 0.3 is 12.4 Å². The summed E-state index contributed by atoms with van der Waals surface area (Å²) in [5.41, 5.74) is 2.82. The van der Waals surface area contributed by atoms with Crippen molar-refractivity contribution in [2.24, 2.45) is 5.73 Å². The van der Waals surface area contributed by atoms with Crippen molar-refractivity contribution in [2.75, 3.05) is 0 Å². The van der Waals surface area contributed by atoms with E-state index in [2.05, 4.69) is 0 Å². The first-order chi connectivity index (χ1) is 8.00. The molecule has 1 aromatic rings. The first-order valence-electron chi connectivity index (χ1n) is 4.69. The standard InChI is InChI=1S/C10H8F7N/c11-5-1-2-6(7(3-5)10(15,16)17)8(18)4-9(12,13)14/h1-3,8H,4,18H2/t8-/m1/s1. The van der Waals surface area contributed by atoms with E-state index in [1.165, 1.54) is 0 Å². The molecular formula is C10H8F7N. The van der Waals surface area contributed by atoms with E-state index in [9.17, 15) is 30.7 Å². The molecule has 0 aromatic heterocycles. The molecule has 1 aromatic carbocycles. The average molecular weight is 275 g/mol. The van der Waals surface area contributed by atoms with Gasteiger partial charge in [0.2, 0.25) is 0 Å². The van der Waals surface area contributed by atoms with Crippen LogP contribution >= 0.6 is 0 Å². The Morgan fingerprint density at radius 2 is 1.61 bits per heavy atom. The van der Waals surface area contributed by atoms with Gasteiger partial charge in [0.05, 0.1) is 12.0 Å². The Hall–Kier alpha value is -1.31. The lowest BCUT2D eigenvalue weighted by Gasteiger charge is -2.19. The molecule has 0 spiro atoms. The monoisotopic (exact) mass is 275 g/mol. The van der Waals surface area contributed by atoms with Crippen LogP contribution in [-0.2, 0) is 6.18 Å². The largest absolute Gasteiger partial charge is 0.416 e. The molecule has 2 N–H and O–H groups in total. The molecule has 0 bridgehead atoms. The third-order valence-corrected chi connectivity index (χ3v) is 2.17. The zero-order valence-corrected chi connectivity index (χ0v) is 8.74. The maximum atomic E-state index is 12.7. The van der Waals surface area contributed by atoms with Crippen LogP contribution in [0.2, 0.25) is 0 Å². The summed E-state index contributed by atoms with van der Waals surface area (Å²) in [5.74, 6) is -1.19. The van der Waals surface area contributed by atoms with Crippen LogP contribution in [0.15, 0.2) is 18.2 Å². The smallest absolute Gasteiger partial charge is 0.324 e. The molecule has 0 amide bonds. The topological polar surface area (TPSA) is 26.0 Å². The second-order valence-corrected chi connectivity index (χ2v) is 3.66. The summed E-state index contributed by atoms with van der Waals surface area (Å²) < 4.78 is 86.5. The number of nitrogens with two attached hydrogens (primary N) is 1. The van der Waals surface area contributed by atoms with Crippen LogP contribution in [0.1, 0.15) is 23.6 Å². The summed E-state index contributed by atoms with van der Waals surface area (Å²) in [6.07, 6.45) is -11.3. The molecule has 0 radical (unpaired) electrons. The van der Waals surface area contributed by atoms with Crippen LogP contribution in [0.4, 0.5) is 30.7 Å². The summed E-state index contributed by atoms with van der Waals surface area (Å²) in [6.45, 7) is 0. The van der Waals surface area contributed by atoms with Crippen molar-refractivity contribution in [3.63, 3.8) is 0 Å². The summed E-state index contributed by atoms with van der Waals surface area (Å²) in [5, 5.41) is 0. The molecule has 0 aliphatic heterocycles. The average Bonchev–Trinajstić information content (AvgIpc) is 2.13. The molecule has 0 fully saturated rings. The summed E-state index contributed by atoms with van der Waals surface area (Å²) in [6, 6.07) is -0.497. The van der Waals surface area contributed by atoms with Gasteiger partial charge in [-0.25, -0.2) is 4.39 Å². The highest BCUT2D eigenvalue weighted by molar-refractivity contribution is 5.33. The minimum Gasteiger partial charge on any atom is -0.324 e. The Morgan fingerprint density at radius 3 is 2.06 bits per heavy atom. The molecule has 1 nitrogen and oxygen atoms in total. The van der Waals surface area contributed by atoms with E-state index in [1.54, 1.807) is 0 Å². The van der Waals surface area contributed by atoms with Gasteiger partial charge in [-0.3, -0.25) is 0 Å². The molecule has 102 valence electrons. The molecule has 8 heteroatoms. The fourth-order valence-electron chi connectivity index (χ4n) is 1.46. The lowest BCUT2D eigenvalue weighted by molar-refractivity contribution is -0.144. The maximum Gasteiger partial charge on any atom is 0.416 e. The Bertz CT molecular complexity index is 421. The van der Waals surface area contributed by atoms with Crippen molar-refractivity contribution in [2.45, 2.75) is 24.8 Å². The highest BCUT2D eigenvalue weighted by Crippen LogP contribution is 2.37. The van der Waals surface area contributed by atoms with Crippen molar-refractivity contribution >= 4 is 0 Å². The molecule has 0 saturated heterocycles. The van der Waals surface area contributed by atoms with Gasteiger partial charge in [-0.05, 0) is 17.7 Å². The lowest BCUT2D eigenvalue weighted by atomic mass is 9.98. The minimum atomic E-state index is -4.96. The third kappa shape index (κ3) is 3.86. The lowest BCUT2D eigenvalue weighted by Crippen LogP contribution is -2.23. The molecule has 0 saturated carbocycles. The van der Waals surface area contributed by atoms with Crippen molar-refractivity contribution in [1.29, 1.82) is 0 Å². The van der Waals surface area contributed by atoms with Gasteiger partial charge in [-0.2, -0.15) is 26.3 Å². The number of benzene rings is 1. The van der Waals surface area contributed by atoms with Gasteiger partial charge in [0, 0.05) is 6.04 Å². The van der Waals surface area contributed by atoms with Crippen LogP contribution in [0.3, 0.4) is 0 Å². The first kappa shape index (κ1) is 14.7. The normalized spacial score (nSPS) is 14.7. The number of hydrogen-bond donors (Lipinski definition) is 1. The van der Waals surface area contributed by atoms with Crippen LogP contribution < -0.4 is 5.73 Å². The van der Waals surface area contributed by atoms with Crippen LogP contribution in [-0.4, -0.2) is 6.18 Å². The van der Waals surface area contributed by atoms with E-state index in [4.69, 9.17) is 5.73 Å². The van der Waals surface area contributed by atoms with Gasteiger partial charge < -0.3 is 5.73 Å². The molecule has 0 heterocycles. The number of halogens is 7. The van der Waals surface area contributed by atoms with Crippen molar-refractivity contribution < 1.29 is 30.7 Å². The fraction of sp³-hybridized carbons (Fsp3) is 0.400. The summed E-state index contributed by atoms with van der Waals surface area (Å²) >= 11 is 0. The SMILES string of the molecule is N[C@H](CC(F)(F)F)c1ccc(F)cc1C(F)(F)F. The second kappa shape index (κ2) is 4.75. The Kier molecular flexibility index (Phi) is 3.89. The van der Waals surface area contributed by atoms with E-state index < -0.39 is 41.8 Å². The molecule has 0 aliphatic carbocycles. The molecular weight excluding hydrogens is 267 g/mol. The number of alkyl halides is 6. The van der Waals surface area contributed by atoms with Crippen molar-refractivity contribution in [1.82, 2.24) is 0 Å². The van der Waals surface area contributed by atoms with Crippen molar-refractivity contribution in [3.8, 4) is 0 Å². The molecule has 0 unspecified atom stereocenters. The molecule has 1 atom stereocenters. The zero-order chi connectivity index (χ0) is 14.1. The van der Waals surface area contributed by atoms with E-state index in [0.717, 1.165) is 0 Å². The second-order valence-electron chi connectivity index (χ2n) is 3.66. The Balaban J connectivity index is 3.16. The Labute approximate surface area is 97.4 Å². The predicted octanol–water partition coefficient (Wildman–Crippen LogP) is 3.80. The number of rotatable bonds is 2. The van der Waals surface area contributed by atoms with E-state index >= 15 is 0 Å². The first-order valence-corrected chi connectivity index (χ1v) is 4.69. The van der Waals surface area contributed by atoms with Crippen LogP contribution in [0.25, 0.3) is 0 Å². The number of hydrogen-bond acceptors (Lipinski definition) is 1. The van der Waals surface area contributed by atoms with Crippen molar-refractivity contribution in [3.05, 3.63) is 35.1 Å². The van der Waals surface area contributed by atoms with Gasteiger partial charge in [0.25, 0.3) is 0 Å². The zero-order valence-electron chi connectivity index (χ0n) is 8.74. The van der Waals surface area contributed by atoms with E-state index in [1.807, 2.05) is 0 Å².